The van der Waals surface area contributed by atoms with E-state index in [9.17, 15) is 13.2 Å². The fraction of sp³-hybridized carbons (Fsp3) is 0.385. The first kappa shape index (κ1) is 17.4. The van der Waals surface area contributed by atoms with Gasteiger partial charge >= 0.3 is 0 Å². The lowest BCUT2D eigenvalue weighted by Gasteiger charge is -2.20. The van der Waals surface area contributed by atoms with Gasteiger partial charge in [-0.2, -0.15) is 5.26 Å². The molecule has 1 aromatic rings. The van der Waals surface area contributed by atoms with Crippen molar-refractivity contribution in [1.29, 1.82) is 5.26 Å². The van der Waals surface area contributed by atoms with Gasteiger partial charge in [-0.05, 0) is 39.0 Å². The highest BCUT2D eigenvalue weighted by atomic mass is 35.5. The van der Waals surface area contributed by atoms with Crippen LogP contribution in [0.4, 0.5) is 0 Å². The summed E-state index contributed by atoms with van der Waals surface area (Å²) in [5, 5.41) is 11.3. The molecule has 8 heteroatoms. The van der Waals surface area contributed by atoms with Gasteiger partial charge in [0.15, 0.2) is 0 Å². The van der Waals surface area contributed by atoms with Crippen LogP contribution in [0.3, 0.4) is 0 Å². The summed E-state index contributed by atoms with van der Waals surface area (Å²) in [5.74, 6) is -0.448. The molecule has 0 heterocycles. The Morgan fingerprint density at radius 1 is 1.38 bits per heavy atom. The molecule has 0 saturated heterocycles. The van der Waals surface area contributed by atoms with E-state index in [2.05, 4.69) is 10.0 Å². The molecule has 0 spiro atoms. The lowest BCUT2D eigenvalue weighted by molar-refractivity contribution is -0.121. The summed E-state index contributed by atoms with van der Waals surface area (Å²) in [6.07, 6.45) is 0. The minimum atomic E-state index is -3.92. The Morgan fingerprint density at radius 3 is 2.48 bits per heavy atom. The maximum Gasteiger partial charge on any atom is 0.242 e. The monoisotopic (exact) mass is 329 g/mol. The maximum absolute atomic E-state index is 12.1. The summed E-state index contributed by atoms with van der Waals surface area (Å²) in [5.41, 5.74) is -0.196. The number of sulfonamides is 1. The second-order valence-corrected chi connectivity index (χ2v) is 7.52. The number of rotatable bonds is 4. The number of benzene rings is 1. The normalized spacial score (nSPS) is 11.8. The number of nitrogens with zero attached hydrogens (tertiary/aromatic N) is 1. The largest absolute Gasteiger partial charge is 0.350 e. The van der Waals surface area contributed by atoms with Crippen molar-refractivity contribution in [2.45, 2.75) is 31.2 Å². The van der Waals surface area contributed by atoms with Crippen molar-refractivity contribution in [3.05, 3.63) is 28.8 Å². The average Bonchev–Trinajstić information content (AvgIpc) is 2.34. The van der Waals surface area contributed by atoms with Crippen LogP contribution in [-0.4, -0.2) is 26.4 Å². The molecule has 1 amide bonds. The number of nitrogens with one attached hydrogen (secondary N) is 2. The zero-order valence-corrected chi connectivity index (χ0v) is 13.5. The molecule has 0 radical (unpaired) electrons. The van der Waals surface area contributed by atoms with Crippen molar-refractivity contribution in [3.8, 4) is 6.07 Å². The van der Waals surface area contributed by atoms with Crippen LogP contribution in [0.15, 0.2) is 23.1 Å². The van der Waals surface area contributed by atoms with Crippen LogP contribution in [0, 0.1) is 11.3 Å². The molecule has 0 saturated carbocycles. The Kier molecular flexibility index (Phi) is 5.34. The standard InChI is InChI=1S/C13H16ClN3O3S/c1-13(2,3)17-12(18)8-16-21(19,20)11-5-4-9(7-15)6-10(11)14/h4-6,16H,8H2,1-3H3,(H,17,18). The number of amides is 1. The number of carbonyl (C=O) groups excluding carboxylic acids is 1. The predicted octanol–water partition coefficient (Wildman–Crippen LogP) is 1.40. The van der Waals surface area contributed by atoms with Crippen molar-refractivity contribution < 1.29 is 13.2 Å². The van der Waals surface area contributed by atoms with Gasteiger partial charge < -0.3 is 5.32 Å². The van der Waals surface area contributed by atoms with E-state index < -0.39 is 28.0 Å². The van der Waals surface area contributed by atoms with E-state index in [0.717, 1.165) is 0 Å². The Balaban J connectivity index is 2.84. The number of carbonyl (C=O) groups is 1. The van der Waals surface area contributed by atoms with Gasteiger partial charge in [0.25, 0.3) is 0 Å². The van der Waals surface area contributed by atoms with Crippen molar-refractivity contribution in [3.63, 3.8) is 0 Å². The second kappa shape index (κ2) is 6.43. The van der Waals surface area contributed by atoms with Crippen LogP contribution in [0.1, 0.15) is 26.3 Å². The number of hydrogen-bond acceptors (Lipinski definition) is 4. The molecular formula is C13H16ClN3O3S. The van der Waals surface area contributed by atoms with E-state index in [1.807, 2.05) is 6.07 Å². The number of nitriles is 1. The first-order chi connectivity index (χ1) is 9.55. The van der Waals surface area contributed by atoms with Crippen LogP contribution >= 0.6 is 11.6 Å². The van der Waals surface area contributed by atoms with Gasteiger partial charge in [-0.15, -0.1) is 0 Å². The Bertz CT molecular complexity index is 688. The highest BCUT2D eigenvalue weighted by molar-refractivity contribution is 7.89. The fourth-order valence-electron chi connectivity index (χ4n) is 1.49. The molecule has 21 heavy (non-hydrogen) atoms. The molecule has 0 unspecified atom stereocenters. The van der Waals surface area contributed by atoms with Gasteiger partial charge in [0.05, 0.1) is 23.2 Å². The van der Waals surface area contributed by atoms with Crippen molar-refractivity contribution >= 4 is 27.5 Å². The van der Waals surface area contributed by atoms with Gasteiger partial charge in [0, 0.05) is 5.54 Å². The van der Waals surface area contributed by atoms with Crippen LogP contribution in [0.2, 0.25) is 5.02 Å². The van der Waals surface area contributed by atoms with E-state index in [4.69, 9.17) is 16.9 Å². The van der Waals surface area contributed by atoms with Crippen LogP contribution in [-0.2, 0) is 14.8 Å². The third-order valence-electron chi connectivity index (χ3n) is 2.29. The summed E-state index contributed by atoms with van der Waals surface area (Å²) in [6, 6.07) is 5.68. The summed E-state index contributed by atoms with van der Waals surface area (Å²) < 4.78 is 26.3. The molecule has 0 aliphatic carbocycles. The van der Waals surface area contributed by atoms with Gasteiger partial charge in [0.2, 0.25) is 15.9 Å². The van der Waals surface area contributed by atoms with Crippen LogP contribution in [0.5, 0.6) is 0 Å². The summed E-state index contributed by atoms with van der Waals surface area (Å²) in [7, 11) is -3.92. The molecule has 0 atom stereocenters. The van der Waals surface area contributed by atoms with E-state index in [-0.39, 0.29) is 15.5 Å². The van der Waals surface area contributed by atoms with Crippen LogP contribution in [0.25, 0.3) is 0 Å². The Morgan fingerprint density at radius 2 is 2.00 bits per heavy atom. The highest BCUT2D eigenvalue weighted by Crippen LogP contribution is 2.22. The molecule has 2 N–H and O–H groups in total. The smallest absolute Gasteiger partial charge is 0.242 e. The topological polar surface area (TPSA) is 99.1 Å². The molecule has 114 valence electrons. The SMILES string of the molecule is CC(C)(C)NC(=O)CNS(=O)(=O)c1ccc(C#N)cc1Cl. The molecular weight excluding hydrogens is 314 g/mol. The lowest BCUT2D eigenvalue weighted by atomic mass is 10.1. The number of halogens is 1. The molecule has 1 aromatic carbocycles. The van der Waals surface area contributed by atoms with E-state index in [0.29, 0.717) is 0 Å². The second-order valence-electron chi connectivity index (χ2n) is 5.38. The highest BCUT2D eigenvalue weighted by Gasteiger charge is 2.20. The van der Waals surface area contributed by atoms with Gasteiger partial charge in [0.1, 0.15) is 4.90 Å². The average molecular weight is 330 g/mol. The molecule has 0 aromatic heterocycles. The molecule has 0 aliphatic heterocycles. The summed E-state index contributed by atoms with van der Waals surface area (Å²) >= 11 is 5.84. The minimum absolute atomic E-state index is 0.0715. The van der Waals surface area contributed by atoms with Crippen molar-refractivity contribution in [1.82, 2.24) is 10.0 Å². The molecule has 0 fully saturated rings. The Labute approximate surface area is 129 Å². The number of hydrogen-bond donors (Lipinski definition) is 2. The Hall–Kier alpha value is -1.62. The van der Waals surface area contributed by atoms with Gasteiger partial charge in [-0.3, -0.25) is 4.79 Å². The first-order valence-corrected chi connectivity index (χ1v) is 7.91. The predicted molar refractivity (Wildman–Crippen MR) is 79.3 cm³/mol. The lowest BCUT2D eigenvalue weighted by Crippen LogP contribution is -2.45. The third-order valence-corrected chi connectivity index (χ3v) is 4.17. The quantitative estimate of drug-likeness (QED) is 0.872. The molecule has 0 bridgehead atoms. The molecule has 0 aliphatic rings. The van der Waals surface area contributed by atoms with E-state index in [1.165, 1.54) is 18.2 Å². The zero-order valence-electron chi connectivity index (χ0n) is 11.9. The van der Waals surface area contributed by atoms with Crippen LogP contribution < -0.4 is 10.0 Å². The first-order valence-electron chi connectivity index (χ1n) is 6.05. The molecule has 6 nitrogen and oxygen atoms in total. The van der Waals surface area contributed by atoms with E-state index in [1.54, 1.807) is 20.8 Å². The van der Waals surface area contributed by atoms with Crippen molar-refractivity contribution in [2.75, 3.05) is 6.54 Å². The van der Waals surface area contributed by atoms with Crippen molar-refractivity contribution in [2.24, 2.45) is 0 Å². The maximum atomic E-state index is 12.1. The minimum Gasteiger partial charge on any atom is -0.350 e. The van der Waals surface area contributed by atoms with Gasteiger partial charge in [-0.25, -0.2) is 13.1 Å². The van der Waals surface area contributed by atoms with E-state index >= 15 is 0 Å². The van der Waals surface area contributed by atoms with Gasteiger partial charge in [-0.1, -0.05) is 11.6 Å². The third kappa shape index (κ3) is 5.34. The summed E-state index contributed by atoms with van der Waals surface area (Å²) in [4.78, 5) is 11.4. The summed E-state index contributed by atoms with van der Waals surface area (Å²) in [6.45, 7) is 4.97. The fourth-order valence-corrected chi connectivity index (χ4v) is 3.01. The zero-order chi connectivity index (χ0) is 16.3. The molecule has 1 rings (SSSR count).